The summed E-state index contributed by atoms with van der Waals surface area (Å²) in [4.78, 5) is 17.3. The van der Waals surface area contributed by atoms with Crippen molar-refractivity contribution in [1.29, 1.82) is 0 Å². The van der Waals surface area contributed by atoms with E-state index in [1.54, 1.807) is 12.3 Å². The minimum atomic E-state index is 0.153. The second-order valence-corrected chi connectivity index (χ2v) is 7.63. The minimum Gasteiger partial charge on any atom is -0.506 e. The molecule has 6 heteroatoms. The van der Waals surface area contributed by atoms with Crippen molar-refractivity contribution in [2.24, 2.45) is 0 Å². The minimum absolute atomic E-state index is 0.153. The number of piperazine rings is 1. The van der Waals surface area contributed by atoms with Crippen LogP contribution in [-0.2, 0) is 6.54 Å². The number of ketones is 1. The van der Waals surface area contributed by atoms with E-state index in [4.69, 9.17) is 4.42 Å². The molecule has 0 radical (unpaired) electrons. The Kier molecular flexibility index (Phi) is 5.45. The molecule has 6 nitrogen and oxygen atoms in total. The van der Waals surface area contributed by atoms with Gasteiger partial charge in [-0.3, -0.25) is 9.69 Å². The second-order valence-electron chi connectivity index (χ2n) is 7.63. The molecule has 3 heterocycles. The number of carbonyl (C=O) groups is 1. The maximum atomic E-state index is 13.0. The van der Waals surface area contributed by atoms with Gasteiger partial charge in [-0.1, -0.05) is 12.1 Å². The summed E-state index contributed by atoms with van der Waals surface area (Å²) in [6.45, 7) is 8.26. The van der Waals surface area contributed by atoms with Gasteiger partial charge in [0.1, 0.15) is 11.5 Å². The lowest BCUT2D eigenvalue weighted by Crippen LogP contribution is -2.48. The first kappa shape index (κ1) is 19.3. The quantitative estimate of drug-likeness (QED) is 0.650. The number of phenols is 1. The number of carbonyl (C=O) groups excluding carboxylic acids is 1. The summed E-state index contributed by atoms with van der Waals surface area (Å²) in [5, 5.41) is 10.1. The largest absolute Gasteiger partial charge is 0.506 e. The highest BCUT2D eigenvalue weighted by atomic mass is 16.3. The zero-order valence-electron chi connectivity index (χ0n) is 17.0. The number of hydrogen-bond acceptors (Lipinski definition) is 5. The first-order valence-corrected chi connectivity index (χ1v) is 10.0. The third-order valence-electron chi connectivity index (χ3n) is 5.73. The Labute approximate surface area is 171 Å². The first-order valence-electron chi connectivity index (χ1n) is 10.0. The third-order valence-corrected chi connectivity index (χ3v) is 5.73. The molecule has 1 saturated heterocycles. The van der Waals surface area contributed by atoms with E-state index in [2.05, 4.69) is 14.4 Å². The van der Waals surface area contributed by atoms with Crippen LogP contribution in [0.15, 0.2) is 53.1 Å². The second kappa shape index (κ2) is 8.17. The molecular formula is C23H27N3O3. The molecule has 1 aromatic carbocycles. The van der Waals surface area contributed by atoms with Gasteiger partial charge >= 0.3 is 0 Å². The Morgan fingerprint density at radius 2 is 1.83 bits per heavy atom. The Balaban J connectivity index is 1.39. The summed E-state index contributed by atoms with van der Waals surface area (Å²) in [6.07, 6.45) is 1.67. The van der Waals surface area contributed by atoms with Crippen molar-refractivity contribution in [3.05, 3.63) is 71.4 Å². The summed E-state index contributed by atoms with van der Waals surface area (Å²) in [6, 6.07) is 13.2. The SMILES string of the molecule is Cc1cc(C(=O)CN2CCN(c3ccccc3O)CC2)c(C)n1Cc1ccco1. The third kappa shape index (κ3) is 4.07. The van der Waals surface area contributed by atoms with Crippen LogP contribution < -0.4 is 4.90 Å². The number of aromatic nitrogens is 1. The van der Waals surface area contributed by atoms with Crippen LogP contribution in [0.25, 0.3) is 0 Å². The lowest BCUT2D eigenvalue weighted by molar-refractivity contribution is 0.0925. The van der Waals surface area contributed by atoms with Crippen LogP contribution in [0.1, 0.15) is 27.5 Å². The maximum absolute atomic E-state index is 13.0. The van der Waals surface area contributed by atoms with Crippen LogP contribution in [0.5, 0.6) is 5.75 Å². The zero-order chi connectivity index (χ0) is 20.4. The van der Waals surface area contributed by atoms with E-state index in [1.807, 2.05) is 50.2 Å². The number of aromatic hydroxyl groups is 1. The zero-order valence-corrected chi connectivity index (χ0v) is 17.0. The van der Waals surface area contributed by atoms with Crippen molar-refractivity contribution in [2.45, 2.75) is 20.4 Å². The average molecular weight is 393 g/mol. The monoisotopic (exact) mass is 393 g/mol. The molecule has 0 atom stereocenters. The number of phenolic OH excluding ortho intramolecular Hbond substituents is 1. The number of furan rings is 1. The van der Waals surface area contributed by atoms with Crippen molar-refractivity contribution in [3.63, 3.8) is 0 Å². The molecule has 3 aromatic rings. The van der Waals surface area contributed by atoms with Gasteiger partial charge in [0.25, 0.3) is 0 Å². The number of Topliss-reactive ketones (excluding diaryl/α,β-unsaturated/α-hetero) is 1. The molecular weight excluding hydrogens is 366 g/mol. The first-order chi connectivity index (χ1) is 14.0. The maximum Gasteiger partial charge on any atom is 0.178 e. The normalized spacial score (nSPS) is 15.0. The molecule has 1 fully saturated rings. The highest BCUT2D eigenvalue weighted by Crippen LogP contribution is 2.27. The van der Waals surface area contributed by atoms with Crippen LogP contribution in [0, 0.1) is 13.8 Å². The topological polar surface area (TPSA) is 61.9 Å². The van der Waals surface area contributed by atoms with Crippen molar-refractivity contribution >= 4 is 11.5 Å². The van der Waals surface area contributed by atoms with E-state index >= 15 is 0 Å². The number of para-hydroxylation sites is 2. The highest BCUT2D eigenvalue weighted by Gasteiger charge is 2.23. The Hall–Kier alpha value is -2.99. The van der Waals surface area contributed by atoms with Gasteiger partial charge in [-0.2, -0.15) is 0 Å². The van der Waals surface area contributed by atoms with Crippen LogP contribution in [0.4, 0.5) is 5.69 Å². The predicted octanol–water partition coefficient (Wildman–Crippen LogP) is 3.46. The van der Waals surface area contributed by atoms with Gasteiger partial charge in [0.05, 0.1) is 25.0 Å². The fourth-order valence-electron chi connectivity index (χ4n) is 4.05. The van der Waals surface area contributed by atoms with Gasteiger partial charge < -0.3 is 19.0 Å². The Bertz CT molecular complexity index is 983. The number of nitrogens with zero attached hydrogens (tertiary/aromatic N) is 3. The van der Waals surface area contributed by atoms with E-state index in [1.165, 1.54) is 0 Å². The molecule has 1 aliphatic rings. The summed E-state index contributed by atoms with van der Waals surface area (Å²) >= 11 is 0. The van der Waals surface area contributed by atoms with E-state index in [0.29, 0.717) is 18.8 Å². The number of anilines is 1. The molecule has 0 saturated carbocycles. The molecule has 1 aliphatic heterocycles. The summed E-state index contributed by atoms with van der Waals surface area (Å²) in [7, 11) is 0. The number of benzene rings is 1. The van der Waals surface area contributed by atoms with Crippen molar-refractivity contribution in [2.75, 3.05) is 37.6 Å². The number of aryl methyl sites for hydroxylation is 1. The van der Waals surface area contributed by atoms with Crippen molar-refractivity contribution in [3.8, 4) is 5.75 Å². The van der Waals surface area contributed by atoms with Gasteiger partial charge in [-0.25, -0.2) is 0 Å². The van der Waals surface area contributed by atoms with Gasteiger partial charge in [0.2, 0.25) is 0 Å². The standard InChI is InChI=1S/C23H27N3O3/c1-17-14-20(18(2)26(17)15-19-6-5-13-29-19)23(28)16-24-9-11-25(12-10-24)21-7-3-4-8-22(21)27/h3-8,13-14,27H,9-12,15-16H2,1-2H3. The van der Waals surface area contributed by atoms with E-state index in [9.17, 15) is 9.90 Å². The van der Waals surface area contributed by atoms with Crippen LogP contribution in [0.3, 0.4) is 0 Å². The van der Waals surface area contributed by atoms with Gasteiger partial charge in [-0.15, -0.1) is 0 Å². The van der Waals surface area contributed by atoms with Gasteiger partial charge in [0, 0.05) is 43.1 Å². The summed E-state index contributed by atoms with van der Waals surface area (Å²) in [5.74, 6) is 1.34. The van der Waals surface area contributed by atoms with Crippen LogP contribution in [0.2, 0.25) is 0 Å². The smallest absolute Gasteiger partial charge is 0.178 e. The summed E-state index contributed by atoms with van der Waals surface area (Å²) in [5.41, 5.74) is 3.69. The fraction of sp³-hybridized carbons (Fsp3) is 0.348. The van der Waals surface area contributed by atoms with Crippen molar-refractivity contribution in [1.82, 2.24) is 9.47 Å². The Morgan fingerprint density at radius 3 is 2.52 bits per heavy atom. The number of hydrogen-bond donors (Lipinski definition) is 1. The lowest BCUT2D eigenvalue weighted by Gasteiger charge is -2.35. The average Bonchev–Trinajstić information content (AvgIpc) is 3.33. The molecule has 0 bridgehead atoms. The molecule has 0 amide bonds. The van der Waals surface area contributed by atoms with Crippen LogP contribution >= 0.6 is 0 Å². The molecule has 0 aliphatic carbocycles. The molecule has 4 rings (SSSR count). The number of rotatable bonds is 6. The molecule has 152 valence electrons. The molecule has 1 N–H and O–H groups in total. The van der Waals surface area contributed by atoms with Gasteiger partial charge in [0.15, 0.2) is 5.78 Å². The molecule has 0 spiro atoms. The van der Waals surface area contributed by atoms with E-state index in [0.717, 1.165) is 54.6 Å². The fourth-order valence-corrected chi connectivity index (χ4v) is 4.05. The summed E-state index contributed by atoms with van der Waals surface area (Å²) < 4.78 is 7.58. The Morgan fingerprint density at radius 1 is 1.07 bits per heavy atom. The lowest BCUT2D eigenvalue weighted by atomic mass is 10.1. The molecule has 29 heavy (non-hydrogen) atoms. The molecule has 0 unspecified atom stereocenters. The predicted molar refractivity (Wildman–Crippen MR) is 113 cm³/mol. The van der Waals surface area contributed by atoms with Crippen LogP contribution in [-0.4, -0.2) is 53.1 Å². The van der Waals surface area contributed by atoms with Gasteiger partial charge in [-0.05, 0) is 44.2 Å². The van der Waals surface area contributed by atoms with Crippen molar-refractivity contribution < 1.29 is 14.3 Å². The highest BCUT2D eigenvalue weighted by molar-refractivity contribution is 5.99. The van der Waals surface area contributed by atoms with E-state index < -0.39 is 0 Å². The van der Waals surface area contributed by atoms with E-state index in [-0.39, 0.29) is 5.78 Å². The molecule has 2 aromatic heterocycles.